The van der Waals surface area contributed by atoms with Crippen LogP contribution in [0.5, 0.6) is 0 Å². The van der Waals surface area contributed by atoms with E-state index in [1.165, 1.54) is 0 Å². The molecule has 0 saturated heterocycles. The van der Waals surface area contributed by atoms with Crippen molar-refractivity contribution in [3.8, 4) is 0 Å². The molecule has 0 fully saturated rings. The molecule has 0 aromatic heterocycles. The molecule has 0 bridgehead atoms. The van der Waals surface area contributed by atoms with E-state index in [-0.39, 0.29) is 18.4 Å². The molecular formula is C9H17Cl2NO2. The summed E-state index contributed by atoms with van der Waals surface area (Å²) < 4.78 is 5.56. The van der Waals surface area contributed by atoms with Crippen molar-refractivity contribution >= 4 is 17.6 Å². The van der Waals surface area contributed by atoms with Gasteiger partial charge in [-0.2, -0.15) is 0 Å². The molecule has 0 spiro atoms. The van der Waals surface area contributed by atoms with Gasteiger partial charge in [-0.05, 0) is 6.92 Å². The van der Waals surface area contributed by atoms with Crippen LogP contribution in [0.4, 0.5) is 0 Å². The summed E-state index contributed by atoms with van der Waals surface area (Å²) in [6, 6.07) is 0.505. The van der Waals surface area contributed by atoms with E-state index in [1.54, 1.807) is 6.92 Å². The minimum absolute atomic E-state index is 0. The Balaban J connectivity index is 0. The maximum absolute atomic E-state index is 11.0. The number of alkyl halides is 1. The van der Waals surface area contributed by atoms with Gasteiger partial charge >= 0.3 is 5.97 Å². The zero-order valence-corrected chi connectivity index (χ0v) is 10.4. The molecule has 84 valence electrons. The number of quaternary nitrogens is 1. The molecule has 0 amide bonds. The van der Waals surface area contributed by atoms with Gasteiger partial charge in [-0.15, -0.1) is 0 Å². The Morgan fingerprint density at radius 2 is 2.00 bits per heavy atom. The predicted molar refractivity (Wildman–Crippen MR) is 53.5 cm³/mol. The molecule has 0 aromatic carbocycles. The lowest BCUT2D eigenvalue weighted by atomic mass is 10.4. The SMILES string of the molecule is C=C(C)C(=O)OCC[N+](C)(C)CCl.[Cl-]. The van der Waals surface area contributed by atoms with Crippen molar-refractivity contribution in [2.24, 2.45) is 0 Å². The van der Waals surface area contributed by atoms with Crippen molar-refractivity contribution < 1.29 is 26.4 Å². The molecule has 3 nitrogen and oxygen atoms in total. The first-order valence-electron chi connectivity index (χ1n) is 4.09. The lowest BCUT2D eigenvalue weighted by Gasteiger charge is -2.26. The molecule has 0 rings (SSSR count). The third-order valence-electron chi connectivity index (χ3n) is 1.60. The van der Waals surface area contributed by atoms with Crippen molar-refractivity contribution in [3.63, 3.8) is 0 Å². The van der Waals surface area contributed by atoms with E-state index in [0.717, 1.165) is 0 Å². The molecule has 5 heteroatoms. The Hall–Kier alpha value is -0.250. The number of nitrogens with zero attached hydrogens (tertiary/aromatic N) is 1. The molecule has 0 aliphatic heterocycles. The molecule has 0 aliphatic rings. The number of ether oxygens (including phenoxy) is 1. The van der Waals surface area contributed by atoms with Crippen LogP contribution in [0, 0.1) is 0 Å². The number of hydrogen-bond acceptors (Lipinski definition) is 2. The van der Waals surface area contributed by atoms with Crippen LogP contribution < -0.4 is 12.4 Å². The van der Waals surface area contributed by atoms with E-state index in [9.17, 15) is 4.79 Å². The zero-order chi connectivity index (χ0) is 10.5. The predicted octanol–water partition coefficient (Wildman–Crippen LogP) is -1.62. The third-order valence-corrected chi connectivity index (χ3v) is 2.25. The highest BCUT2D eigenvalue weighted by molar-refractivity contribution is 6.16. The summed E-state index contributed by atoms with van der Waals surface area (Å²) in [5.41, 5.74) is 0.427. The minimum atomic E-state index is -0.338. The second kappa shape index (κ2) is 7.10. The fraction of sp³-hybridized carbons (Fsp3) is 0.667. The van der Waals surface area contributed by atoms with Gasteiger partial charge in [0.15, 0.2) is 6.00 Å². The number of hydrogen-bond donors (Lipinski definition) is 0. The number of carbonyl (C=O) groups excluding carboxylic acids is 1. The van der Waals surface area contributed by atoms with Gasteiger partial charge in [0, 0.05) is 5.57 Å². The Morgan fingerprint density at radius 3 is 2.36 bits per heavy atom. The number of esters is 1. The topological polar surface area (TPSA) is 26.3 Å². The van der Waals surface area contributed by atoms with Gasteiger partial charge in [-0.1, -0.05) is 18.2 Å². The fourth-order valence-corrected chi connectivity index (χ4v) is 0.688. The molecule has 0 unspecified atom stereocenters. The highest BCUT2D eigenvalue weighted by Gasteiger charge is 2.13. The first-order valence-corrected chi connectivity index (χ1v) is 4.63. The van der Waals surface area contributed by atoms with E-state index in [1.807, 2.05) is 14.1 Å². The summed E-state index contributed by atoms with van der Waals surface area (Å²) in [4.78, 5) is 11.0. The van der Waals surface area contributed by atoms with Gasteiger partial charge in [-0.25, -0.2) is 4.79 Å². The number of likely N-dealkylation sites (N-methyl/N-ethyl adjacent to an activating group) is 1. The fourth-order valence-electron chi connectivity index (χ4n) is 0.568. The smallest absolute Gasteiger partial charge is 0.333 e. The molecule has 0 aromatic rings. The van der Waals surface area contributed by atoms with E-state index >= 15 is 0 Å². The Kier molecular flexibility index (Phi) is 8.21. The summed E-state index contributed by atoms with van der Waals surface area (Å²) >= 11 is 5.69. The lowest BCUT2D eigenvalue weighted by Crippen LogP contribution is -3.00. The molecule has 0 aliphatic carbocycles. The van der Waals surface area contributed by atoms with Gasteiger partial charge in [0.05, 0.1) is 14.1 Å². The quantitative estimate of drug-likeness (QED) is 0.190. The summed E-state index contributed by atoms with van der Waals surface area (Å²) in [7, 11) is 3.95. The standard InChI is InChI=1S/C9H17ClNO2.ClH/c1-8(2)9(12)13-6-5-11(3,4)7-10;/h1,5-7H2,2-4H3;1H/q+1;/p-1. The summed E-state index contributed by atoms with van der Waals surface area (Å²) in [6.07, 6.45) is 0. The lowest BCUT2D eigenvalue weighted by molar-refractivity contribution is -0.879. The number of rotatable bonds is 5. The average molecular weight is 242 g/mol. The van der Waals surface area contributed by atoms with E-state index in [0.29, 0.717) is 29.2 Å². The van der Waals surface area contributed by atoms with Crippen molar-refractivity contribution in [3.05, 3.63) is 12.2 Å². The first-order chi connectivity index (χ1) is 5.89. The monoisotopic (exact) mass is 241 g/mol. The second-order valence-corrected chi connectivity index (χ2v) is 3.93. The van der Waals surface area contributed by atoms with Crippen molar-refractivity contribution in [1.82, 2.24) is 0 Å². The summed E-state index contributed by atoms with van der Waals surface area (Å²) in [5.74, 6) is -0.338. The molecule has 0 radical (unpaired) electrons. The maximum atomic E-state index is 11.0. The molecule has 0 saturated carbocycles. The van der Waals surface area contributed by atoms with Crippen molar-refractivity contribution in [2.75, 3.05) is 33.3 Å². The van der Waals surface area contributed by atoms with E-state index in [4.69, 9.17) is 16.3 Å². The molecule has 0 heterocycles. The second-order valence-electron chi connectivity index (χ2n) is 3.70. The third kappa shape index (κ3) is 7.18. The van der Waals surface area contributed by atoms with Crippen LogP contribution in [0.1, 0.15) is 6.92 Å². The molecule has 0 atom stereocenters. The van der Waals surface area contributed by atoms with Crippen molar-refractivity contribution in [1.29, 1.82) is 0 Å². The highest BCUT2D eigenvalue weighted by Crippen LogP contribution is 1.99. The van der Waals surface area contributed by atoms with Gasteiger partial charge in [0.25, 0.3) is 0 Å². The maximum Gasteiger partial charge on any atom is 0.333 e. The number of carbonyl (C=O) groups is 1. The van der Waals surface area contributed by atoms with E-state index in [2.05, 4.69) is 6.58 Å². The Morgan fingerprint density at radius 1 is 1.50 bits per heavy atom. The van der Waals surface area contributed by atoms with E-state index < -0.39 is 0 Å². The average Bonchev–Trinajstić information content (AvgIpc) is 2.04. The van der Waals surface area contributed by atoms with Crippen LogP contribution in [0.25, 0.3) is 0 Å². The summed E-state index contributed by atoms with van der Waals surface area (Å²) in [5, 5.41) is 0. The van der Waals surface area contributed by atoms with Crippen LogP contribution in [-0.4, -0.2) is 43.7 Å². The normalized spacial score (nSPS) is 10.3. The van der Waals surface area contributed by atoms with Gasteiger partial charge in [0.2, 0.25) is 0 Å². The molecule has 14 heavy (non-hydrogen) atoms. The van der Waals surface area contributed by atoms with Crippen LogP contribution >= 0.6 is 11.6 Å². The van der Waals surface area contributed by atoms with Crippen LogP contribution in [0.2, 0.25) is 0 Å². The van der Waals surface area contributed by atoms with Crippen LogP contribution in [0.15, 0.2) is 12.2 Å². The van der Waals surface area contributed by atoms with Gasteiger partial charge in [-0.3, -0.25) is 0 Å². The minimum Gasteiger partial charge on any atom is -1.00 e. The van der Waals surface area contributed by atoms with Crippen LogP contribution in [0.3, 0.4) is 0 Å². The van der Waals surface area contributed by atoms with Gasteiger partial charge in [0.1, 0.15) is 13.2 Å². The number of halogens is 2. The Labute approximate surface area is 96.7 Å². The summed E-state index contributed by atoms with van der Waals surface area (Å²) in [6.45, 7) is 6.20. The molecule has 0 N–H and O–H groups in total. The highest BCUT2D eigenvalue weighted by atomic mass is 35.5. The first kappa shape index (κ1) is 16.2. The van der Waals surface area contributed by atoms with Crippen LogP contribution in [-0.2, 0) is 9.53 Å². The Bertz CT molecular complexity index is 205. The molecular weight excluding hydrogens is 225 g/mol. The van der Waals surface area contributed by atoms with Crippen molar-refractivity contribution in [2.45, 2.75) is 6.92 Å². The zero-order valence-electron chi connectivity index (χ0n) is 8.85. The largest absolute Gasteiger partial charge is 1.00 e. The van der Waals surface area contributed by atoms with Gasteiger partial charge < -0.3 is 21.6 Å².